The fourth-order valence-electron chi connectivity index (χ4n) is 4.35. The molecule has 3 rings (SSSR count). The molecular formula is C23H26F3N3O10. The molecule has 0 bridgehead atoms. The Morgan fingerprint density at radius 1 is 1.18 bits per heavy atom. The molecule has 6 N–H and O–H groups in total. The first-order valence-corrected chi connectivity index (χ1v) is 11.4. The fraction of sp³-hybridized carbons (Fsp3) is 0.522. The topological polar surface area (TPSA) is 215 Å². The first kappa shape index (κ1) is 31.2. The number of aliphatic carboxylic acids is 2. The molecule has 1 atom stereocenters. The van der Waals surface area contributed by atoms with Crippen molar-refractivity contribution in [3.05, 3.63) is 28.0 Å². The Labute approximate surface area is 218 Å². The van der Waals surface area contributed by atoms with Crippen molar-refractivity contribution in [1.82, 2.24) is 5.32 Å². The molecule has 0 radical (unpaired) electrons. The van der Waals surface area contributed by atoms with Gasteiger partial charge in [-0.1, -0.05) is 0 Å². The number of carbonyl (C=O) groups is 4. The summed E-state index contributed by atoms with van der Waals surface area (Å²) in [5.41, 5.74) is 4.59. The average molecular weight is 561 g/mol. The first-order chi connectivity index (χ1) is 18.1. The van der Waals surface area contributed by atoms with Crippen molar-refractivity contribution >= 4 is 35.5 Å². The Morgan fingerprint density at radius 3 is 2.15 bits per heavy atom. The van der Waals surface area contributed by atoms with E-state index in [1.54, 1.807) is 5.94 Å². The summed E-state index contributed by atoms with van der Waals surface area (Å²) in [5, 5.41) is 26.3. The van der Waals surface area contributed by atoms with Crippen LogP contribution in [0.2, 0.25) is 0 Å². The van der Waals surface area contributed by atoms with E-state index in [4.69, 9.17) is 40.7 Å². The number of carbonyl (C=O) groups excluding carboxylic acids is 3. The lowest BCUT2D eigenvalue weighted by molar-refractivity contribution is -0.324. The van der Waals surface area contributed by atoms with Gasteiger partial charge in [0.2, 0.25) is 5.60 Å². The molecule has 0 saturated heterocycles. The Morgan fingerprint density at radius 2 is 1.74 bits per heavy atom. The molecule has 0 aromatic heterocycles. The molecule has 13 nitrogen and oxygen atoms in total. The van der Waals surface area contributed by atoms with Gasteiger partial charge in [0, 0.05) is 30.5 Å². The number of carboxylic acid groups (broad SMARTS) is 2. The van der Waals surface area contributed by atoms with Gasteiger partial charge in [0.15, 0.2) is 12.4 Å². The lowest BCUT2D eigenvalue weighted by Gasteiger charge is -2.29. The second-order valence-corrected chi connectivity index (χ2v) is 8.72. The quantitative estimate of drug-likeness (QED) is 0.0665. The molecule has 0 amide bonds. The summed E-state index contributed by atoms with van der Waals surface area (Å²) >= 11 is 0. The monoisotopic (exact) mass is 561 g/mol. The predicted octanol–water partition coefficient (Wildman–Crippen LogP) is 0.964. The van der Waals surface area contributed by atoms with Crippen molar-refractivity contribution in [3.8, 4) is 0 Å². The third-order valence-corrected chi connectivity index (χ3v) is 6.18. The summed E-state index contributed by atoms with van der Waals surface area (Å²) in [4.78, 5) is 67.0. The number of carboxylic acids is 2. The van der Waals surface area contributed by atoms with Crippen molar-refractivity contribution in [2.24, 2.45) is 11.7 Å². The molecule has 1 fully saturated rings. The third kappa shape index (κ3) is 6.90. The van der Waals surface area contributed by atoms with E-state index in [0.29, 0.717) is 31.3 Å². The van der Waals surface area contributed by atoms with Gasteiger partial charge in [0.1, 0.15) is 12.0 Å². The van der Waals surface area contributed by atoms with Crippen LogP contribution in [-0.2, 0) is 38.5 Å². The van der Waals surface area contributed by atoms with E-state index in [-0.39, 0.29) is 40.6 Å². The molecule has 16 heteroatoms. The summed E-state index contributed by atoms with van der Waals surface area (Å²) in [6.45, 7) is 0.439. The molecule has 214 valence electrons. The molecule has 1 unspecified atom stereocenters. The average Bonchev–Trinajstić information content (AvgIpc) is 3.50. The zero-order valence-electron chi connectivity index (χ0n) is 20.8. The number of esters is 1. The largest absolute Gasteiger partial charge is 0.490 e. The minimum absolute atomic E-state index is 0.0333. The van der Waals surface area contributed by atoms with Gasteiger partial charge in [-0.05, 0) is 38.2 Å². The number of allylic oxidation sites excluding steroid dienone is 1. The van der Waals surface area contributed by atoms with Gasteiger partial charge in [0.05, 0.1) is 17.1 Å². The SMILES string of the molecule is CNC1=C(C(C)=O)C2=C(CC1=C=O)C2(OOCC(=O)O)C(=O)O[C@H]1CC[C@H](C(=N)N)CC1.O=C(O)C(F)(F)F. The number of ketones is 1. The smallest absolute Gasteiger partial charge is 0.479 e. The number of halogens is 3. The highest BCUT2D eigenvalue weighted by Crippen LogP contribution is 2.58. The van der Waals surface area contributed by atoms with Gasteiger partial charge >= 0.3 is 24.1 Å². The number of ether oxygens (including phenoxy) is 1. The van der Waals surface area contributed by atoms with E-state index in [2.05, 4.69) is 5.32 Å². The number of likely N-dealkylation sites (N-methyl/N-ethyl adjacent to an activating group) is 1. The second kappa shape index (κ2) is 12.2. The standard InChI is InChI=1S/C21H25N3O8.C2HF3O2/c1-10(26)16-17-14(7-12(8-25)18(16)24-2)21(17,32-30-9-15(27)28)20(29)31-13-5-3-11(4-6-13)19(22)23;3-2(4,5)1(6)7/h11,13,24H,3-7,9H2,1-2H3,(H3,22,23)(H,27,28);(H,6,7)/t11-,13-,21?;. The van der Waals surface area contributed by atoms with Gasteiger partial charge in [-0.3, -0.25) is 10.2 Å². The van der Waals surface area contributed by atoms with Gasteiger partial charge < -0.3 is 26.0 Å². The highest BCUT2D eigenvalue weighted by atomic mass is 19.4. The van der Waals surface area contributed by atoms with Crippen molar-refractivity contribution < 1.29 is 61.9 Å². The molecule has 1 saturated carbocycles. The molecule has 0 aromatic rings. The van der Waals surface area contributed by atoms with Crippen LogP contribution in [0.3, 0.4) is 0 Å². The summed E-state index contributed by atoms with van der Waals surface area (Å²) in [6.07, 6.45) is -3.42. The normalized spacial score (nSPS) is 24.0. The number of hydrogen-bond acceptors (Lipinski definition) is 10. The highest BCUT2D eigenvalue weighted by molar-refractivity contribution is 6.11. The number of alkyl halides is 3. The Hall–Kier alpha value is -4.01. The number of Topliss-reactive ketones (excluding diaryl/α,β-unsaturated/α-hetero) is 1. The molecular weight excluding hydrogens is 535 g/mol. The summed E-state index contributed by atoms with van der Waals surface area (Å²) in [7, 11) is 1.53. The molecule has 0 aromatic carbocycles. The minimum Gasteiger partial charge on any atom is -0.479 e. The number of amidine groups is 1. The van der Waals surface area contributed by atoms with Crippen LogP contribution < -0.4 is 11.1 Å². The van der Waals surface area contributed by atoms with Crippen LogP contribution in [-0.4, -0.2) is 77.2 Å². The number of rotatable bonds is 9. The third-order valence-electron chi connectivity index (χ3n) is 6.18. The van der Waals surface area contributed by atoms with Crippen LogP contribution in [0.1, 0.15) is 39.0 Å². The van der Waals surface area contributed by atoms with Crippen molar-refractivity contribution in [1.29, 1.82) is 5.41 Å². The van der Waals surface area contributed by atoms with E-state index in [1.807, 2.05) is 0 Å². The van der Waals surface area contributed by atoms with Gasteiger partial charge in [-0.25, -0.2) is 29.0 Å². The van der Waals surface area contributed by atoms with Crippen LogP contribution in [0.15, 0.2) is 28.0 Å². The van der Waals surface area contributed by atoms with Gasteiger partial charge in [-0.2, -0.15) is 13.2 Å². The summed E-state index contributed by atoms with van der Waals surface area (Å²) in [6, 6.07) is 0. The van der Waals surface area contributed by atoms with Crippen LogP contribution in [0.5, 0.6) is 0 Å². The molecule has 0 spiro atoms. The van der Waals surface area contributed by atoms with Crippen molar-refractivity contribution in [2.45, 2.75) is 56.9 Å². The van der Waals surface area contributed by atoms with Crippen LogP contribution in [0.25, 0.3) is 0 Å². The zero-order chi connectivity index (χ0) is 29.7. The number of nitrogens with one attached hydrogen (secondary N) is 2. The van der Waals surface area contributed by atoms with Gasteiger partial charge in [-0.15, -0.1) is 0 Å². The Kier molecular flexibility index (Phi) is 9.79. The zero-order valence-corrected chi connectivity index (χ0v) is 20.8. The first-order valence-electron chi connectivity index (χ1n) is 11.4. The van der Waals surface area contributed by atoms with E-state index in [9.17, 15) is 32.3 Å². The lowest BCUT2D eigenvalue weighted by Crippen LogP contribution is -2.39. The fourth-order valence-corrected chi connectivity index (χ4v) is 4.35. The van der Waals surface area contributed by atoms with Gasteiger partial charge in [0.25, 0.3) is 0 Å². The lowest BCUT2D eigenvalue weighted by atomic mass is 9.86. The number of hydrogen-bond donors (Lipinski definition) is 5. The predicted molar refractivity (Wildman–Crippen MR) is 122 cm³/mol. The maximum absolute atomic E-state index is 13.3. The van der Waals surface area contributed by atoms with Crippen LogP contribution in [0.4, 0.5) is 13.2 Å². The van der Waals surface area contributed by atoms with Crippen LogP contribution in [0, 0.1) is 11.3 Å². The van der Waals surface area contributed by atoms with Crippen molar-refractivity contribution in [2.75, 3.05) is 13.7 Å². The minimum atomic E-state index is -5.08. The maximum Gasteiger partial charge on any atom is 0.490 e. The van der Waals surface area contributed by atoms with Crippen LogP contribution >= 0.6 is 0 Å². The van der Waals surface area contributed by atoms with E-state index in [0.717, 1.165) is 0 Å². The molecule has 0 aliphatic heterocycles. The molecule has 0 heterocycles. The maximum atomic E-state index is 13.3. The van der Waals surface area contributed by atoms with E-state index < -0.39 is 48.2 Å². The molecule has 3 aliphatic carbocycles. The number of nitrogens with two attached hydrogens (primary N) is 1. The van der Waals surface area contributed by atoms with E-state index >= 15 is 0 Å². The highest BCUT2D eigenvalue weighted by Gasteiger charge is 2.67. The molecule has 39 heavy (non-hydrogen) atoms. The van der Waals surface area contributed by atoms with E-state index in [1.165, 1.54) is 14.0 Å². The Balaban J connectivity index is 0.000000673. The Bertz CT molecular complexity index is 1180. The van der Waals surface area contributed by atoms with Crippen molar-refractivity contribution in [3.63, 3.8) is 0 Å². The summed E-state index contributed by atoms with van der Waals surface area (Å²) < 4.78 is 37.4. The molecule has 3 aliphatic rings. The summed E-state index contributed by atoms with van der Waals surface area (Å²) in [5.74, 6) is -3.53. The second-order valence-electron chi connectivity index (χ2n) is 8.72.